The van der Waals surface area contributed by atoms with Crippen LogP contribution in [0.3, 0.4) is 0 Å². The molecule has 5 nitrogen and oxygen atoms in total. The molecule has 0 saturated carbocycles. The van der Waals surface area contributed by atoms with Gasteiger partial charge in [0, 0.05) is 13.0 Å². The first kappa shape index (κ1) is 24.9. The van der Waals surface area contributed by atoms with Crippen LogP contribution >= 0.6 is 0 Å². The summed E-state index contributed by atoms with van der Waals surface area (Å²) in [6, 6.07) is 14.0. The van der Waals surface area contributed by atoms with Gasteiger partial charge in [0.1, 0.15) is 0 Å². The summed E-state index contributed by atoms with van der Waals surface area (Å²) in [4.78, 5) is 12.5. The Morgan fingerprint density at radius 3 is 2.23 bits per heavy atom. The number of sulfonamides is 1. The van der Waals surface area contributed by atoms with Crippen LogP contribution in [0.2, 0.25) is 0 Å². The molecular formula is C25H36N2O3S. The van der Waals surface area contributed by atoms with E-state index >= 15 is 0 Å². The van der Waals surface area contributed by atoms with E-state index in [1.807, 2.05) is 39.0 Å². The summed E-state index contributed by atoms with van der Waals surface area (Å²) in [6.45, 7) is 12.6. The molecule has 1 atom stereocenters. The Balaban J connectivity index is 1.97. The lowest BCUT2D eigenvalue weighted by Crippen LogP contribution is -2.33. The Hall–Kier alpha value is -2.34. The number of benzene rings is 2. The van der Waals surface area contributed by atoms with Crippen molar-refractivity contribution < 1.29 is 13.2 Å². The fraction of sp³-hybridized carbons (Fsp3) is 0.480. The zero-order valence-corrected chi connectivity index (χ0v) is 20.6. The maximum absolute atomic E-state index is 12.5. The topological polar surface area (TPSA) is 66.5 Å². The number of aryl methyl sites for hydroxylation is 2. The zero-order valence-electron chi connectivity index (χ0n) is 19.8. The van der Waals surface area contributed by atoms with Crippen LogP contribution in [0.4, 0.5) is 5.69 Å². The van der Waals surface area contributed by atoms with E-state index in [1.165, 1.54) is 16.1 Å². The standard InChI is InChI=1S/C25H36N2O3S/c1-18-10-11-19(2)23(17-18)27(31(7,29)30)16-8-9-24(28)26-20(3)21-12-14-22(15-13-21)25(4,5)6/h10-15,17,20H,8-9,16H2,1-7H3,(H,26,28)/t20-/m1/s1. The molecule has 6 heteroatoms. The van der Waals surface area contributed by atoms with Crippen molar-refractivity contribution in [3.63, 3.8) is 0 Å². The summed E-state index contributed by atoms with van der Waals surface area (Å²) in [7, 11) is -3.44. The minimum absolute atomic E-state index is 0.0817. The van der Waals surface area contributed by atoms with Gasteiger partial charge < -0.3 is 5.32 Å². The highest BCUT2D eigenvalue weighted by Gasteiger charge is 2.20. The molecule has 31 heavy (non-hydrogen) atoms. The first-order valence-corrected chi connectivity index (χ1v) is 12.6. The van der Waals surface area contributed by atoms with E-state index in [9.17, 15) is 13.2 Å². The molecule has 170 valence electrons. The zero-order chi connectivity index (χ0) is 23.4. The van der Waals surface area contributed by atoms with Gasteiger partial charge in [-0.05, 0) is 60.9 Å². The van der Waals surface area contributed by atoms with Crippen molar-refractivity contribution in [3.8, 4) is 0 Å². The Morgan fingerprint density at radius 1 is 1.06 bits per heavy atom. The van der Waals surface area contributed by atoms with Crippen molar-refractivity contribution in [2.45, 2.75) is 65.8 Å². The average molecular weight is 445 g/mol. The van der Waals surface area contributed by atoms with Gasteiger partial charge in [-0.25, -0.2) is 8.42 Å². The van der Waals surface area contributed by atoms with E-state index in [-0.39, 0.29) is 30.3 Å². The normalized spacial score (nSPS) is 13.0. The number of nitrogens with one attached hydrogen (secondary N) is 1. The van der Waals surface area contributed by atoms with Crippen LogP contribution in [-0.4, -0.2) is 27.1 Å². The Kier molecular flexibility index (Phi) is 7.93. The number of rotatable bonds is 8. The van der Waals surface area contributed by atoms with Gasteiger partial charge in [-0.2, -0.15) is 0 Å². The minimum Gasteiger partial charge on any atom is -0.350 e. The predicted molar refractivity (Wildman–Crippen MR) is 129 cm³/mol. The van der Waals surface area contributed by atoms with E-state index in [4.69, 9.17) is 0 Å². The van der Waals surface area contributed by atoms with Gasteiger partial charge >= 0.3 is 0 Å². The van der Waals surface area contributed by atoms with Crippen LogP contribution in [0.15, 0.2) is 42.5 Å². The van der Waals surface area contributed by atoms with Gasteiger partial charge in [0.25, 0.3) is 0 Å². The number of carbonyl (C=O) groups is 1. The first-order valence-electron chi connectivity index (χ1n) is 10.7. The Morgan fingerprint density at radius 2 is 1.68 bits per heavy atom. The number of hydrogen-bond donors (Lipinski definition) is 1. The van der Waals surface area contributed by atoms with Crippen molar-refractivity contribution in [3.05, 3.63) is 64.7 Å². The van der Waals surface area contributed by atoms with Gasteiger partial charge in [0.05, 0.1) is 18.0 Å². The quantitative estimate of drug-likeness (QED) is 0.621. The summed E-state index contributed by atoms with van der Waals surface area (Å²) in [5.41, 5.74) is 4.96. The lowest BCUT2D eigenvalue weighted by Gasteiger charge is -2.25. The Bertz CT molecular complexity index is 1010. The summed E-state index contributed by atoms with van der Waals surface area (Å²) in [5.74, 6) is -0.0817. The molecule has 0 aliphatic rings. The number of hydrogen-bond acceptors (Lipinski definition) is 3. The van der Waals surface area contributed by atoms with E-state index < -0.39 is 10.0 Å². The second-order valence-electron chi connectivity index (χ2n) is 9.39. The fourth-order valence-electron chi connectivity index (χ4n) is 3.51. The van der Waals surface area contributed by atoms with Gasteiger partial charge in [-0.15, -0.1) is 0 Å². The Labute approximate surface area is 187 Å². The molecule has 2 aromatic carbocycles. The molecule has 0 heterocycles. The van der Waals surface area contributed by atoms with E-state index in [0.717, 1.165) is 16.7 Å². The number of anilines is 1. The SMILES string of the molecule is Cc1ccc(C)c(N(CCCC(=O)N[C@H](C)c2ccc(C(C)(C)C)cc2)S(C)(=O)=O)c1. The van der Waals surface area contributed by atoms with Crippen LogP contribution in [0.1, 0.15) is 68.8 Å². The molecule has 1 amide bonds. The van der Waals surface area contributed by atoms with Crippen molar-refractivity contribution >= 4 is 21.6 Å². The van der Waals surface area contributed by atoms with Crippen LogP contribution < -0.4 is 9.62 Å². The lowest BCUT2D eigenvalue weighted by molar-refractivity contribution is -0.121. The number of carbonyl (C=O) groups excluding carboxylic acids is 1. The molecule has 0 spiro atoms. The summed E-state index contributed by atoms with van der Waals surface area (Å²) in [6.07, 6.45) is 1.92. The smallest absolute Gasteiger partial charge is 0.232 e. The van der Waals surface area contributed by atoms with Crippen LogP contribution in [-0.2, 0) is 20.2 Å². The average Bonchev–Trinajstić information content (AvgIpc) is 2.66. The van der Waals surface area contributed by atoms with Crippen LogP contribution in [0.5, 0.6) is 0 Å². The number of nitrogens with zero attached hydrogens (tertiary/aromatic N) is 1. The second kappa shape index (κ2) is 9.86. The monoisotopic (exact) mass is 444 g/mol. The van der Waals surface area contributed by atoms with Gasteiger partial charge in [0.15, 0.2) is 0 Å². The molecule has 0 aliphatic heterocycles. The van der Waals surface area contributed by atoms with E-state index in [0.29, 0.717) is 12.1 Å². The number of amides is 1. The fourth-order valence-corrected chi connectivity index (χ4v) is 4.52. The maximum atomic E-state index is 12.5. The van der Waals surface area contributed by atoms with Crippen molar-refractivity contribution in [2.75, 3.05) is 17.1 Å². The minimum atomic E-state index is -3.44. The van der Waals surface area contributed by atoms with Crippen molar-refractivity contribution in [1.82, 2.24) is 5.32 Å². The lowest BCUT2D eigenvalue weighted by atomic mass is 9.86. The molecule has 0 fully saturated rings. The second-order valence-corrected chi connectivity index (χ2v) is 11.3. The predicted octanol–water partition coefficient (Wildman–Crippen LogP) is 5.02. The van der Waals surface area contributed by atoms with Crippen LogP contribution in [0.25, 0.3) is 0 Å². The molecule has 0 saturated heterocycles. The molecule has 0 unspecified atom stereocenters. The highest BCUT2D eigenvalue weighted by molar-refractivity contribution is 7.92. The van der Waals surface area contributed by atoms with Gasteiger partial charge in [0.2, 0.25) is 15.9 Å². The first-order chi connectivity index (χ1) is 14.3. The summed E-state index contributed by atoms with van der Waals surface area (Å²) >= 11 is 0. The molecular weight excluding hydrogens is 408 g/mol. The molecule has 0 aromatic heterocycles. The van der Waals surface area contributed by atoms with Crippen LogP contribution in [0, 0.1) is 13.8 Å². The van der Waals surface area contributed by atoms with Crippen molar-refractivity contribution in [2.24, 2.45) is 0 Å². The molecule has 2 aromatic rings. The van der Waals surface area contributed by atoms with E-state index in [2.05, 4.69) is 50.4 Å². The molecule has 0 bridgehead atoms. The highest BCUT2D eigenvalue weighted by Crippen LogP contribution is 2.25. The molecule has 0 aliphatic carbocycles. The third kappa shape index (κ3) is 7.10. The molecule has 2 rings (SSSR count). The molecule has 1 N–H and O–H groups in total. The third-order valence-electron chi connectivity index (χ3n) is 5.45. The molecule has 0 radical (unpaired) electrons. The summed E-state index contributed by atoms with van der Waals surface area (Å²) < 4.78 is 26.1. The highest BCUT2D eigenvalue weighted by atomic mass is 32.2. The van der Waals surface area contributed by atoms with E-state index in [1.54, 1.807) is 0 Å². The third-order valence-corrected chi connectivity index (χ3v) is 6.63. The largest absolute Gasteiger partial charge is 0.350 e. The maximum Gasteiger partial charge on any atom is 0.232 e. The van der Waals surface area contributed by atoms with Crippen molar-refractivity contribution in [1.29, 1.82) is 0 Å². The van der Waals surface area contributed by atoms with Gasteiger partial charge in [-0.1, -0.05) is 57.2 Å². The summed E-state index contributed by atoms with van der Waals surface area (Å²) in [5, 5.41) is 3.02. The van der Waals surface area contributed by atoms with Gasteiger partial charge in [-0.3, -0.25) is 9.10 Å².